The van der Waals surface area contributed by atoms with Crippen molar-refractivity contribution in [3.63, 3.8) is 0 Å². The van der Waals surface area contributed by atoms with E-state index in [2.05, 4.69) is 33.0 Å². The molecule has 1 fully saturated rings. The molecule has 0 spiro atoms. The average molecular weight is 245 g/mol. The summed E-state index contributed by atoms with van der Waals surface area (Å²) >= 11 is 3.49. The molecule has 0 aliphatic heterocycles. The minimum Gasteiger partial charge on any atom is -0.338 e. The first-order chi connectivity index (χ1) is 6.31. The van der Waals surface area contributed by atoms with Crippen LogP contribution >= 0.6 is 15.9 Å². The van der Waals surface area contributed by atoms with Crippen LogP contribution < -0.4 is 0 Å². The highest BCUT2D eigenvalue weighted by Gasteiger charge is 2.25. The first-order valence-corrected chi connectivity index (χ1v) is 5.70. The molecule has 0 aromatic carbocycles. The minimum atomic E-state index is 0.217. The van der Waals surface area contributed by atoms with Crippen molar-refractivity contribution in [3.05, 3.63) is 11.7 Å². The zero-order valence-electron chi connectivity index (χ0n) is 7.66. The van der Waals surface area contributed by atoms with Gasteiger partial charge in [-0.2, -0.15) is 4.98 Å². The van der Waals surface area contributed by atoms with Crippen LogP contribution in [-0.4, -0.2) is 10.1 Å². The maximum atomic E-state index is 5.17. The second kappa shape index (κ2) is 3.78. The molecule has 1 aliphatic carbocycles. The molecule has 1 unspecified atom stereocenters. The van der Waals surface area contributed by atoms with E-state index in [0.29, 0.717) is 5.92 Å². The van der Waals surface area contributed by atoms with E-state index >= 15 is 0 Å². The standard InChI is InChI=1S/C9H13BrN2O/c1-2-7(10)9-11-8(12-13-9)6-4-3-5-6/h6-7H,2-5H2,1H3. The second-order valence-electron chi connectivity index (χ2n) is 3.49. The molecule has 0 saturated heterocycles. The fraction of sp³-hybridized carbons (Fsp3) is 0.778. The molecule has 1 saturated carbocycles. The number of hydrogen-bond donors (Lipinski definition) is 0. The van der Waals surface area contributed by atoms with Crippen LogP contribution in [0.1, 0.15) is 55.1 Å². The van der Waals surface area contributed by atoms with Crippen molar-refractivity contribution < 1.29 is 4.52 Å². The topological polar surface area (TPSA) is 38.9 Å². The van der Waals surface area contributed by atoms with Gasteiger partial charge in [0.1, 0.15) is 0 Å². The van der Waals surface area contributed by atoms with Gasteiger partial charge in [0.25, 0.3) is 0 Å². The summed E-state index contributed by atoms with van der Waals surface area (Å²) in [5.41, 5.74) is 0. The molecule has 1 atom stereocenters. The summed E-state index contributed by atoms with van der Waals surface area (Å²) in [5.74, 6) is 2.19. The van der Waals surface area contributed by atoms with Gasteiger partial charge in [-0.15, -0.1) is 0 Å². The Morgan fingerprint density at radius 2 is 2.38 bits per heavy atom. The Balaban J connectivity index is 2.08. The fourth-order valence-corrected chi connectivity index (χ4v) is 1.57. The molecular formula is C9H13BrN2O. The van der Waals surface area contributed by atoms with Gasteiger partial charge < -0.3 is 4.52 Å². The van der Waals surface area contributed by atoms with E-state index in [1.54, 1.807) is 0 Å². The van der Waals surface area contributed by atoms with E-state index in [9.17, 15) is 0 Å². The van der Waals surface area contributed by atoms with Crippen molar-refractivity contribution in [3.8, 4) is 0 Å². The number of halogens is 1. The van der Waals surface area contributed by atoms with Gasteiger partial charge in [0.05, 0.1) is 4.83 Å². The molecule has 0 bridgehead atoms. The van der Waals surface area contributed by atoms with Crippen molar-refractivity contribution in [2.45, 2.75) is 43.4 Å². The first kappa shape index (κ1) is 9.19. The van der Waals surface area contributed by atoms with Crippen molar-refractivity contribution >= 4 is 15.9 Å². The Labute approximate surface area is 86.0 Å². The summed E-state index contributed by atoms with van der Waals surface area (Å²) in [5, 5.41) is 3.99. The average Bonchev–Trinajstić information content (AvgIpc) is 2.49. The quantitative estimate of drug-likeness (QED) is 0.767. The number of aromatic nitrogens is 2. The third-order valence-corrected chi connectivity index (χ3v) is 3.59. The molecule has 1 aliphatic rings. The highest BCUT2D eigenvalue weighted by molar-refractivity contribution is 9.09. The maximum Gasteiger partial charge on any atom is 0.240 e. The largest absolute Gasteiger partial charge is 0.338 e. The Bertz CT molecular complexity index is 264. The predicted octanol–water partition coefficient (Wildman–Crippen LogP) is 3.18. The van der Waals surface area contributed by atoms with Gasteiger partial charge in [0, 0.05) is 5.92 Å². The van der Waals surface area contributed by atoms with Crippen LogP contribution in [0.5, 0.6) is 0 Å². The van der Waals surface area contributed by atoms with Gasteiger partial charge in [-0.1, -0.05) is 34.4 Å². The number of nitrogens with zero attached hydrogens (tertiary/aromatic N) is 2. The van der Waals surface area contributed by atoms with Gasteiger partial charge in [-0.05, 0) is 19.3 Å². The van der Waals surface area contributed by atoms with Crippen LogP contribution in [0.4, 0.5) is 0 Å². The van der Waals surface area contributed by atoms with Gasteiger partial charge in [0.15, 0.2) is 5.82 Å². The zero-order chi connectivity index (χ0) is 9.26. The third kappa shape index (κ3) is 1.77. The molecule has 0 radical (unpaired) electrons. The molecule has 1 heterocycles. The molecule has 1 aromatic heterocycles. The van der Waals surface area contributed by atoms with Crippen LogP contribution in [0.3, 0.4) is 0 Å². The molecule has 72 valence electrons. The summed E-state index contributed by atoms with van der Waals surface area (Å²) in [7, 11) is 0. The van der Waals surface area contributed by atoms with Crippen molar-refractivity contribution in [1.29, 1.82) is 0 Å². The SMILES string of the molecule is CCC(Br)c1nc(C2CCC2)no1. The van der Waals surface area contributed by atoms with Crippen molar-refractivity contribution in [2.75, 3.05) is 0 Å². The monoisotopic (exact) mass is 244 g/mol. The molecule has 13 heavy (non-hydrogen) atoms. The Morgan fingerprint density at radius 1 is 1.62 bits per heavy atom. The van der Waals surface area contributed by atoms with E-state index in [4.69, 9.17) is 4.52 Å². The summed E-state index contributed by atoms with van der Waals surface area (Å²) in [6.07, 6.45) is 4.72. The van der Waals surface area contributed by atoms with Crippen LogP contribution in [0.25, 0.3) is 0 Å². The Hall–Kier alpha value is -0.380. The van der Waals surface area contributed by atoms with Gasteiger partial charge >= 0.3 is 0 Å². The minimum absolute atomic E-state index is 0.217. The number of hydrogen-bond acceptors (Lipinski definition) is 3. The van der Waals surface area contributed by atoms with Crippen LogP contribution in [0, 0.1) is 0 Å². The number of rotatable bonds is 3. The lowest BCUT2D eigenvalue weighted by atomic mass is 9.85. The van der Waals surface area contributed by atoms with E-state index < -0.39 is 0 Å². The highest BCUT2D eigenvalue weighted by atomic mass is 79.9. The zero-order valence-corrected chi connectivity index (χ0v) is 9.25. The molecule has 3 nitrogen and oxygen atoms in total. The molecular weight excluding hydrogens is 232 g/mol. The fourth-order valence-electron chi connectivity index (χ4n) is 1.38. The Kier molecular flexibility index (Phi) is 2.67. The van der Waals surface area contributed by atoms with Gasteiger partial charge in [0.2, 0.25) is 5.89 Å². The Morgan fingerprint density at radius 3 is 2.92 bits per heavy atom. The van der Waals surface area contributed by atoms with E-state index in [1.165, 1.54) is 19.3 Å². The number of alkyl halides is 1. The van der Waals surface area contributed by atoms with E-state index in [1.807, 2.05) is 0 Å². The van der Waals surface area contributed by atoms with Gasteiger partial charge in [-0.25, -0.2) is 0 Å². The van der Waals surface area contributed by atoms with Crippen molar-refractivity contribution in [1.82, 2.24) is 10.1 Å². The predicted molar refractivity (Wildman–Crippen MR) is 52.8 cm³/mol. The molecule has 4 heteroatoms. The molecule has 0 amide bonds. The molecule has 1 aromatic rings. The normalized spacial score (nSPS) is 19.8. The van der Waals surface area contributed by atoms with Gasteiger partial charge in [-0.3, -0.25) is 0 Å². The smallest absolute Gasteiger partial charge is 0.240 e. The lowest BCUT2D eigenvalue weighted by Crippen LogP contribution is -2.10. The maximum absolute atomic E-state index is 5.17. The summed E-state index contributed by atoms with van der Waals surface area (Å²) in [6, 6.07) is 0. The molecule has 0 N–H and O–H groups in total. The van der Waals surface area contributed by atoms with E-state index in [-0.39, 0.29) is 4.83 Å². The summed E-state index contributed by atoms with van der Waals surface area (Å²) in [6.45, 7) is 2.09. The molecule has 2 rings (SSSR count). The first-order valence-electron chi connectivity index (χ1n) is 4.78. The highest BCUT2D eigenvalue weighted by Crippen LogP contribution is 2.35. The van der Waals surface area contributed by atoms with Crippen molar-refractivity contribution in [2.24, 2.45) is 0 Å². The third-order valence-electron chi connectivity index (χ3n) is 2.55. The summed E-state index contributed by atoms with van der Waals surface area (Å²) in [4.78, 5) is 4.59. The van der Waals surface area contributed by atoms with Crippen LogP contribution in [-0.2, 0) is 0 Å². The van der Waals surface area contributed by atoms with E-state index in [0.717, 1.165) is 18.1 Å². The lowest BCUT2D eigenvalue weighted by molar-refractivity contribution is 0.346. The van der Waals surface area contributed by atoms with Crippen LogP contribution in [0.2, 0.25) is 0 Å². The lowest BCUT2D eigenvalue weighted by Gasteiger charge is -2.20. The summed E-state index contributed by atoms with van der Waals surface area (Å²) < 4.78 is 5.17. The second-order valence-corrected chi connectivity index (χ2v) is 4.60. The van der Waals surface area contributed by atoms with Crippen LogP contribution in [0.15, 0.2) is 4.52 Å².